The molecule has 0 heterocycles. The molecule has 0 aliphatic carbocycles. The van der Waals surface area contributed by atoms with E-state index in [1.54, 1.807) is 0 Å². The third kappa shape index (κ3) is 4.23. The lowest BCUT2D eigenvalue weighted by Gasteiger charge is -2.19. The van der Waals surface area contributed by atoms with Crippen molar-refractivity contribution in [3.63, 3.8) is 0 Å². The molecule has 0 aliphatic rings. The summed E-state index contributed by atoms with van der Waals surface area (Å²) in [5, 5.41) is 3.42. The highest BCUT2D eigenvalue weighted by molar-refractivity contribution is 5.34. The number of benzene rings is 1. The minimum absolute atomic E-state index is 0.202. The smallest absolute Gasteiger partial charge is 0.120 e. The quantitative estimate of drug-likeness (QED) is 0.756. The Morgan fingerprint density at radius 3 is 2.65 bits per heavy atom. The fourth-order valence-corrected chi connectivity index (χ4v) is 1.82. The molecule has 0 fully saturated rings. The van der Waals surface area contributed by atoms with Crippen molar-refractivity contribution in [2.24, 2.45) is 0 Å². The summed E-state index contributed by atoms with van der Waals surface area (Å²) in [5.74, 6) is 0.918. The summed E-state index contributed by atoms with van der Waals surface area (Å²) in [6.45, 7) is 13.2. The molecule has 0 aromatic heterocycles. The topological polar surface area (TPSA) is 21.3 Å². The highest BCUT2D eigenvalue weighted by Crippen LogP contribution is 2.24. The molecule has 1 aromatic rings. The van der Waals surface area contributed by atoms with Gasteiger partial charge in [0.25, 0.3) is 0 Å². The Labute approximate surface area is 105 Å². The van der Waals surface area contributed by atoms with E-state index in [0.29, 0.717) is 0 Å². The molecular formula is C15H23NO. The van der Waals surface area contributed by atoms with Crippen molar-refractivity contribution in [3.8, 4) is 5.75 Å². The van der Waals surface area contributed by atoms with Crippen LogP contribution in [0.4, 0.5) is 0 Å². The first kappa shape index (κ1) is 13.8. The largest absolute Gasteiger partial charge is 0.491 e. The van der Waals surface area contributed by atoms with Gasteiger partial charge in [-0.1, -0.05) is 31.2 Å². The monoisotopic (exact) mass is 233 g/mol. The average molecular weight is 233 g/mol. The Balaban J connectivity index is 2.91. The fraction of sp³-hybridized carbons (Fsp3) is 0.467. The molecule has 1 rings (SSSR count). The molecular weight excluding hydrogens is 210 g/mol. The van der Waals surface area contributed by atoms with E-state index in [1.165, 1.54) is 5.56 Å². The van der Waals surface area contributed by atoms with Gasteiger partial charge in [0.15, 0.2) is 0 Å². The number of likely N-dealkylation sites (N-methyl/N-ethyl adjacent to an activating group) is 1. The van der Waals surface area contributed by atoms with Crippen molar-refractivity contribution in [2.75, 3.05) is 6.54 Å². The van der Waals surface area contributed by atoms with Crippen molar-refractivity contribution in [3.05, 3.63) is 42.0 Å². The van der Waals surface area contributed by atoms with Crippen LogP contribution in [0.15, 0.2) is 36.4 Å². The number of rotatable bonds is 6. The van der Waals surface area contributed by atoms with Crippen molar-refractivity contribution in [1.82, 2.24) is 5.32 Å². The van der Waals surface area contributed by atoms with E-state index < -0.39 is 0 Å². The van der Waals surface area contributed by atoms with E-state index in [-0.39, 0.29) is 12.1 Å². The Morgan fingerprint density at radius 2 is 2.12 bits per heavy atom. The summed E-state index contributed by atoms with van der Waals surface area (Å²) < 4.78 is 5.71. The average Bonchev–Trinajstić information content (AvgIpc) is 2.24. The van der Waals surface area contributed by atoms with Crippen LogP contribution in [0.2, 0.25) is 0 Å². The van der Waals surface area contributed by atoms with E-state index in [4.69, 9.17) is 4.74 Å². The standard InChI is InChI=1S/C15H23NO/c1-6-16-15(11(2)3)13-8-7-9-14(10-13)17-12(4)5/h7-10,12,15-16H,2,6H2,1,3-5H3. The first-order valence-electron chi connectivity index (χ1n) is 6.20. The molecule has 0 radical (unpaired) electrons. The van der Waals surface area contributed by atoms with Gasteiger partial charge in [-0.2, -0.15) is 0 Å². The van der Waals surface area contributed by atoms with E-state index in [1.807, 2.05) is 32.9 Å². The molecule has 0 bridgehead atoms. The molecule has 94 valence electrons. The minimum Gasteiger partial charge on any atom is -0.491 e. The predicted octanol–water partition coefficient (Wildman–Crippen LogP) is 3.70. The van der Waals surface area contributed by atoms with Crippen LogP contribution >= 0.6 is 0 Å². The van der Waals surface area contributed by atoms with Crippen LogP contribution in [0, 0.1) is 0 Å². The molecule has 1 atom stereocenters. The Bertz CT molecular complexity index is 371. The van der Waals surface area contributed by atoms with Crippen LogP contribution in [0.3, 0.4) is 0 Å². The lowest BCUT2D eigenvalue weighted by Crippen LogP contribution is -2.21. The van der Waals surface area contributed by atoms with E-state index in [9.17, 15) is 0 Å². The third-order valence-corrected chi connectivity index (χ3v) is 2.46. The van der Waals surface area contributed by atoms with Crippen LogP contribution in [0.5, 0.6) is 5.75 Å². The number of nitrogens with one attached hydrogen (secondary N) is 1. The van der Waals surface area contributed by atoms with Crippen molar-refractivity contribution in [2.45, 2.75) is 39.8 Å². The van der Waals surface area contributed by atoms with Gasteiger partial charge in [-0.05, 0) is 45.0 Å². The first-order valence-corrected chi connectivity index (χ1v) is 6.20. The second-order valence-corrected chi connectivity index (χ2v) is 4.58. The lowest BCUT2D eigenvalue weighted by molar-refractivity contribution is 0.242. The first-order chi connectivity index (χ1) is 8.04. The van der Waals surface area contributed by atoms with Crippen LogP contribution in [0.1, 0.15) is 39.3 Å². The molecule has 0 saturated heterocycles. The van der Waals surface area contributed by atoms with Gasteiger partial charge in [0.05, 0.1) is 12.1 Å². The zero-order chi connectivity index (χ0) is 12.8. The van der Waals surface area contributed by atoms with Gasteiger partial charge < -0.3 is 10.1 Å². The van der Waals surface area contributed by atoms with Crippen molar-refractivity contribution in [1.29, 1.82) is 0 Å². The van der Waals surface area contributed by atoms with Gasteiger partial charge in [0.2, 0.25) is 0 Å². The van der Waals surface area contributed by atoms with Crippen LogP contribution < -0.4 is 10.1 Å². The van der Waals surface area contributed by atoms with Gasteiger partial charge >= 0.3 is 0 Å². The molecule has 0 saturated carbocycles. The second kappa shape index (κ2) is 6.45. The highest BCUT2D eigenvalue weighted by atomic mass is 16.5. The van der Waals surface area contributed by atoms with Crippen molar-refractivity contribution < 1.29 is 4.74 Å². The Kier molecular flexibility index (Phi) is 5.23. The summed E-state index contributed by atoms with van der Waals surface area (Å²) in [6.07, 6.45) is 0.202. The van der Waals surface area contributed by atoms with Gasteiger partial charge in [-0.15, -0.1) is 0 Å². The maximum Gasteiger partial charge on any atom is 0.120 e. The summed E-state index contributed by atoms with van der Waals surface area (Å²) in [6, 6.07) is 8.42. The molecule has 0 amide bonds. The molecule has 1 unspecified atom stereocenters. The number of hydrogen-bond donors (Lipinski definition) is 1. The van der Waals surface area contributed by atoms with E-state index in [2.05, 4.69) is 31.0 Å². The number of ether oxygens (including phenoxy) is 1. The van der Waals surface area contributed by atoms with Gasteiger partial charge in [0, 0.05) is 0 Å². The lowest BCUT2D eigenvalue weighted by atomic mass is 10.0. The second-order valence-electron chi connectivity index (χ2n) is 4.58. The highest BCUT2D eigenvalue weighted by Gasteiger charge is 2.11. The van der Waals surface area contributed by atoms with Crippen LogP contribution in [-0.2, 0) is 0 Å². The van der Waals surface area contributed by atoms with Gasteiger partial charge in [-0.3, -0.25) is 0 Å². The van der Waals surface area contributed by atoms with Crippen LogP contribution in [0.25, 0.3) is 0 Å². The SMILES string of the molecule is C=C(C)C(NCC)c1cccc(OC(C)C)c1. The summed E-state index contributed by atoms with van der Waals surface area (Å²) >= 11 is 0. The molecule has 2 nitrogen and oxygen atoms in total. The minimum atomic E-state index is 0.202. The maximum atomic E-state index is 5.71. The molecule has 0 aliphatic heterocycles. The molecule has 17 heavy (non-hydrogen) atoms. The van der Waals surface area contributed by atoms with Gasteiger partial charge in [-0.25, -0.2) is 0 Å². The van der Waals surface area contributed by atoms with Crippen LogP contribution in [-0.4, -0.2) is 12.6 Å². The van der Waals surface area contributed by atoms with E-state index in [0.717, 1.165) is 17.9 Å². The van der Waals surface area contributed by atoms with Crippen molar-refractivity contribution >= 4 is 0 Å². The molecule has 0 spiro atoms. The summed E-state index contributed by atoms with van der Waals surface area (Å²) in [4.78, 5) is 0. The number of hydrogen-bond acceptors (Lipinski definition) is 2. The molecule has 1 N–H and O–H groups in total. The third-order valence-electron chi connectivity index (χ3n) is 2.46. The summed E-state index contributed by atoms with van der Waals surface area (Å²) in [7, 11) is 0. The van der Waals surface area contributed by atoms with E-state index >= 15 is 0 Å². The normalized spacial score (nSPS) is 12.5. The zero-order valence-corrected chi connectivity index (χ0v) is 11.3. The molecule has 2 heteroatoms. The zero-order valence-electron chi connectivity index (χ0n) is 11.3. The predicted molar refractivity (Wildman–Crippen MR) is 73.4 cm³/mol. The fourth-order valence-electron chi connectivity index (χ4n) is 1.82. The Hall–Kier alpha value is -1.28. The Morgan fingerprint density at radius 1 is 1.41 bits per heavy atom. The van der Waals surface area contributed by atoms with Gasteiger partial charge in [0.1, 0.15) is 5.75 Å². The summed E-state index contributed by atoms with van der Waals surface area (Å²) in [5.41, 5.74) is 2.33. The molecule has 1 aromatic carbocycles. The maximum absolute atomic E-state index is 5.71.